The van der Waals surface area contributed by atoms with Crippen LogP contribution in [0.4, 0.5) is 5.13 Å². The molecular formula is C23H30N6O2S2. The van der Waals surface area contributed by atoms with Gasteiger partial charge in [0, 0.05) is 6.20 Å². The normalized spacial score (nSPS) is 12.8. The zero-order chi connectivity index (χ0) is 23.8. The van der Waals surface area contributed by atoms with Gasteiger partial charge in [0.05, 0.1) is 26.5 Å². The Hall–Kier alpha value is -2.66. The highest BCUT2D eigenvalue weighted by molar-refractivity contribution is 7.24. The first-order valence-electron chi connectivity index (χ1n) is 10.9. The Kier molecular flexibility index (Phi) is 9.07. The molecule has 0 aliphatic rings. The fourth-order valence-electron chi connectivity index (χ4n) is 3.36. The summed E-state index contributed by atoms with van der Waals surface area (Å²) in [7, 11) is 0. The molecule has 0 unspecified atom stereocenters. The molecule has 3 aromatic rings. The maximum absolute atomic E-state index is 13.1. The molecule has 0 radical (unpaired) electrons. The molecule has 0 saturated heterocycles. The molecule has 33 heavy (non-hydrogen) atoms. The average Bonchev–Trinajstić information content (AvgIpc) is 3.40. The zero-order valence-electron chi connectivity index (χ0n) is 18.8. The lowest BCUT2D eigenvalue weighted by atomic mass is 10.0. The van der Waals surface area contributed by atoms with Crippen molar-refractivity contribution in [2.24, 2.45) is 11.5 Å². The van der Waals surface area contributed by atoms with Gasteiger partial charge in [-0.1, -0.05) is 41.7 Å². The van der Waals surface area contributed by atoms with Gasteiger partial charge in [0.15, 0.2) is 5.13 Å². The number of thiazole rings is 2. The first kappa shape index (κ1) is 25.0. The molecule has 3 rings (SSSR count). The van der Waals surface area contributed by atoms with Gasteiger partial charge in [-0.25, -0.2) is 9.97 Å². The molecule has 2 heterocycles. The van der Waals surface area contributed by atoms with E-state index in [0.29, 0.717) is 37.4 Å². The maximum atomic E-state index is 13.1. The van der Waals surface area contributed by atoms with Crippen LogP contribution in [0.1, 0.15) is 35.5 Å². The summed E-state index contributed by atoms with van der Waals surface area (Å²) in [6.07, 6.45) is 3.93. The van der Waals surface area contributed by atoms with E-state index < -0.39 is 12.1 Å². The minimum atomic E-state index is -0.735. The Bertz CT molecular complexity index is 1070. The standard InChI is InChI=1S/C23H30N6O2S2/c1-14-20(32-15(2)27-14)19-13-26-23(33-19)29-22(31)18(11-10-16-7-4-3-5-8-16)28-21(30)17(25)9-6-12-24/h3-5,7-8,13,17-18H,6,9-12,24-25H2,1-2H3,(H,28,30)(H,26,29,31)/t17-,18+/m0/s1. The highest BCUT2D eigenvalue weighted by Crippen LogP contribution is 2.35. The Morgan fingerprint density at radius 1 is 1.09 bits per heavy atom. The van der Waals surface area contributed by atoms with Crippen LogP contribution in [-0.2, 0) is 16.0 Å². The Balaban J connectivity index is 1.69. The van der Waals surface area contributed by atoms with Gasteiger partial charge in [-0.2, -0.15) is 0 Å². The van der Waals surface area contributed by atoms with Crippen molar-refractivity contribution >= 4 is 39.6 Å². The van der Waals surface area contributed by atoms with Gasteiger partial charge >= 0.3 is 0 Å². The van der Waals surface area contributed by atoms with Crippen LogP contribution < -0.4 is 22.1 Å². The molecule has 8 nitrogen and oxygen atoms in total. The molecule has 0 saturated carbocycles. The van der Waals surface area contributed by atoms with Crippen LogP contribution in [0.5, 0.6) is 0 Å². The summed E-state index contributed by atoms with van der Waals surface area (Å²) in [6, 6.07) is 8.40. The Morgan fingerprint density at radius 3 is 2.52 bits per heavy atom. The van der Waals surface area contributed by atoms with Crippen LogP contribution in [0.2, 0.25) is 0 Å². The highest BCUT2D eigenvalue weighted by atomic mass is 32.1. The SMILES string of the molecule is Cc1nc(C)c(-c2cnc(NC(=O)[C@@H](CCc3ccccc3)NC(=O)[C@@H](N)CCCN)s2)s1. The van der Waals surface area contributed by atoms with E-state index in [4.69, 9.17) is 11.5 Å². The number of nitrogens with one attached hydrogen (secondary N) is 2. The Morgan fingerprint density at radius 2 is 1.85 bits per heavy atom. The van der Waals surface area contributed by atoms with E-state index in [1.54, 1.807) is 17.5 Å². The van der Waals surface area contributed by atoms with Gasteiger partial charge in [-0.15, -0.1) is 11.3 Å². The lowest BCUT2D eigenvalue weighted by Gasteiger charge is -2.20. The summed E-state index contributed by atoms with van der Waals surface area (Å²) in [5.74, 6) is -0.671. The number of anilines is 1. The van der Waals surface area contributed by atoms with Crippen LogP contribution in [0.15, 0.2) is 36.5 Å². The Labute approximate surface area is 201 Å². The second-order valence-electron chi connectivity index (χ2n) is 7.79. The number of rotatable bonds is 11. The van der Waals surface area contributed by atoms with Crippen molar-refractivity contribution < 1.29 is 9.59 Å². The van der Waals surface area contributed by atoms with Gasteiger partial charge in [-0.05, 0) is 51.6 Å². The van der Waals surface area contributed by atoms with Crippen LogP contribution in [0, 0.1) is 13.8 Å². The van der Waals surface area contributed by atoms with Gasteiger partial charge in [0.25, 0.3) is 0 Å². The zero-order valence-corrected chi connectivity index (χ0v) is 20.5. The number of aryl methyl sites for hydroxylation is 3. The first-order chi connectivity index (χ1) is 15.9. The van der Waals surface area contributed by atoms with Crippen molar-refractivity contribution in [1.82, 2.24) is 15.3 Å². The smallest absolute Gasteiger partial charge is 0.248 e. The van der Waals surface area contributed by atoms with Crippen LogP contribution in [-0.4, -0.2) is 40.4 Å². The van der Waals surface area contributed by atoms with Gasteiger partial charge in [0.2, 0.25) is 11.8 Å². The molecule has 0 aliphatic heterocycles. The van der Waals surface area contributed by atoms with Crippen LogP contribution in [0.25, 0.3) is 9.75 Å². The molecule has 10 heteroatoms. The number of aromatic nitrogens is 2. The third kappa shape index (κ3) is 7.16. The number of hydrogen-bond donors (Lipinski definition) is 4. The fraction of sp³-hybridized carbons (Fsp3) is 0.391. The lowest BCUT2D eigenvalue weighted by Crippen LogP contribution is -2.50. The average molecular weight is 487 g/mol. The predicted molar refractivity (Wildman–Crippen MR) is 134 cm³/mol. The summed E-state index contributed by atoms with van der Waals surface area (Å²) in [6.45, 7) is 4.38. The fourth-order valence-corrected chi connectivity index (χ4v) is 5.25. The minimum absolute atomic E-state index is 0.316. The van der Waals surface area contributed by atoms with E-state index in [0.717, 1.165) is 26.0 Å². The number of carbonyl (C=O) groups is 2. The minimum Gasteiger partial charge on any atom is -0.343 e. The van der Waals surface area contributed by atoms with Crippen LogP contribution in [0.3, 0.4) is 0 Å². The third-order valence-electron chi connectivity index (χ3n) is 5.12. The molecule has 2 aromatic heterocycles. The summed E-state index contributed by atoms with van der Waals surface area (Å²) in [5, 5.41) is 7.14. The van der Waals surface area contributed by atoms with Crippen molar-refractivity contribution in [2.75, 3.05) is 11.9 Å². The molecule has 0 spiro atoms. The summed E-state index contributed by atoms with van der Waals surface area (Å²) in [5.41, 5.74) is 13.5. The van der Waals surface area contributed by atoms with Crippen molar-refractivity contribution in [1.29, 1.82) is 0 Å². The topological polar surface area (TPSA) is 136 Å². The highest BCUT2D eigenvalue weighted by Gasteiger charge is 2.24. The second kappa shape index (κ2) is 12.0. The molecule has 0 aliphatic carbocycles. The molecule has 2 atom stereocenters. The monoisotopic (exact) mass is 486 g/mol. The van der Waals surface area contributed by atoms with E-state index in [-0.39, 0.29) is 11.8 Å². The van der Waals surface area contributed by atoms with Crippen molar-refractivity contribution in [3.8, 4) is 9.75 Å². The first-order valence-corrected chi connectivity index (χ1v) is 12.5. The van der Waals surface area contributed by atoms with Crippen molar-refractivity contribution in [2.45, 2.75) is 51.6 Å². The molecular weight excluding hydrogens is 456 g/mol. The van der Waals surface area contributed by atoms with E-state index in [2.05, 4.69) is 20.6 Å². The summed E-state index contributed by atoms with van der Waals surface area (Å²) < 4.78 is 0. The number of carbonyl (C=O) groups excluding carboxylic acids is 2. The third-order valence-corrected chi connectivity index (χ3v) is 7.28. The van der Waals surface area contributed by atoms with Gasteiger partial charge in [-0.3, -0.25) is 9.59 Å². The maximum Gasteiger partial charge on any atom is 0.248 e. The summed E-state index contributed by atoms with van der Waals surface area (Å²) in [4.78, 5) is 36.5. The molecule has 1 aromatic carbocycles. The molecule has 0 bridgehead atoms. The number of benzene rings is 1. The van der Waals surface area contributed by atoms with Gasteiger partial charge in [0.1, 0.15) is 6.04 Å². The molecule has 176 valence electrons. The molecule has 2 amide bonds. The van der Waals surface area contributed by atoms with Gasteiger partial charge < -0.3 is 22.1 Å². The van der Waals surface area contributed by atoms with E-state index in [1.165, 1.54) is 11.3 Å². The van der Waals surface area contributed by atoms with Crippen molar-refractivity contribution in [3.63, 3.8) is 0 Å². The number of hydrogen-bond acceptors (Lipinski definition) is 8. The number of nitrogens with two attached hydrogens (primary N) is 2. The van der Waals surface area contributed by atoms with Crippen molar-refractivity contribution in [3.05, 3.63) is 52.8 Å². The summed E-state index contributed by atoms with van der Waals surface area (Å²) >= 11 is 2.98. The van der Waals surface area contributed by atoms with Crippen LogP contribution >= 0.6 is 22.7 Å². The van der Waals surface area contributed by atoms with E-state index >= 15 is 0 Å². The largest absolute Gasteiger partial charge is 0.343 e. The van der Waals surface area contributed by atoms with E-state index in [1.807, 2.05) is 44.2 Å². The number of amides is 2. The number of nitrogens with zero attached hydrogens (tertiary/aromatic N) is 2. The molecule has 0 fully saturated rings. The predicted octanol–water partition coefficient (Wildman–Crippen LogP) is 3.01. The molecule has 6 N–H and O–H groups in total. The lowest BCUT2D eigenvalue weighted by molar-refractivity contribution is -0.127. The van der Waals surface area contributed by atoms with E-state index in [9.17, 15) is 9.59 Å². The quantitative estimate of drug-likeness (QED) is 0.329. The second-order valence-corrected chi connectivity index (χ2v) is 10.0.